The van der Waals surface area contributed by atoms with Gasteiger partial charge in [-0.25, -0.2) is 0 Å². The largest absolute Gasteiger partial charge is 0.496 e. The van der Waals surface area contributed by atoms with Crippen LogP contribution >= 0.6 is 0 Å². The molecule has 0 bridgehead atoms. The molecule has 154 valence electrons. The fraction of sp³-hybridized carbons (Fsp3) is 0.417. The van der Waals surface area contributed by atoms with E-state index in [1.807, 2.05) is 49.4 Å². The third-order valence-electron chi connectivity index (χ3n) is 5.52. The topological polar surface area (TPSA) is 58.6 Å². The van der Waals surface area contributed by atoms with E-state index in [1.54, 1.807) is 7.11 Å². The molecule has 1 unspecified atom stereocenters. The molecule has 0 aliphatic carbocycles. The minimum absolute atomic E-state index is 0.000900. The summed E-state index contributed by atoms with van der Waals surface area (Å²) < 4.78 is 5.54. The highest BCUT2D eigenvalue weighted by molar-refractivity contribution is 5.97. The first kappa shape index (κ1) is 21.1. The van der Waals surface area contributed by atoms with Crippen LogP contribution in [-0.2, 0) is 4.79 Å². The van der Waals surface area contributed by atoms with E-state index < -0.39 is 0 Å². The van der Waals surface area contributed by atoms with Crippen LogP contribution in [-0.4, -0.2) is 43.3 Å². The van der Waals surface area contributed by atoms with Crippen molar-refractivity contribution in [2.75, 3.05) is 26.7 Å². The Morgan fingerprint density at radius 2 is 1.72 bits per heavy atom. The molecule has 1 aliphatic rings. The smallest absolute Gasteiger partial charge is 0.220 e. The van der Waals surface area contributed by atoms with Crippen LogP contribution in [0.4, 0.5) is 0 Å². The van der Waals surface area contributed by atoms with E-state index in [1.165, 1.54) is 12.8 Å². The zero-order valence-corrected chi connectivity index (χ0v) is 17.3. The molecule has 0 spiro atoms. The lowest BCUT2D eigenvalue weighted by atomic mass is 10.0. The lowest BCUT2D eigenvalue weighted by molar-refractivity contribution is -0.121. The first-order valence-electron chi connectivity index (χ1n) is 10.3. The number of ether oxygens (including phenoxy) is 1. The highest BCUT2D eigenvalue weighted by Gasteiger charge is 2.26. The Morgan fingerprint density at radius 1 is 1.03 bits per heavy atom. The zero-order valence-electron chi connectivity index (χ0n) is 17.3. The third kappa shape index (κ3) is 5.67. The number of ketones is 1. The van der Waals surface area contributed by atoms with Gasteiger partial charge < -0.3 is 10.1 Å². The minimum Gasteiger partial charge on any atom is -0.496 e. The molecule has 1 saturated heterocycles. The molecule has 0 radical (unpaired) electrons. The van der Waals surface area contributed by atoms with Crippen molar-refractivity contribution in [1.82, 2.24) is 10.2 Å². The van der Waals surface area contributed by atoms with Crippen LogP contribution in [0.25, 0.3) is 0 Å². The van der Waals surface area contributed by atoms with Crippen LogP contribution in [0.1, 0.15) is 53.2 Å². The van der Waals surface area contributed by atoms with Gasteiger partial charge in [0.2, 0.25) is 5.91 Å². The maximum absolute atomic E-state index is 12.4. The molecule has 1 atom stereocenters. The molecule has 1 heterocycles. The van der Waals surface area contributed by atoms with E-state index in [2.05, 4.69) is 16.3 Å². The van der Waals surface area contributed by atoms with Crippen molar-refractivity contribution in [1.29, 1.82) is 0 Å². The van der Waals surface area contributed by atoms with Crippen molar-refractivity contribution >= 4 is 11.7 Å². The number of nitrogens with zero attached hydrogens (tertiary/aromatic N) is 1. The van der Waals surface area contributed by atoms with E-state index in [0.29, 0.717) is 12.1 Å². The third-order valence-corrected chi connectivity index (χ3v) is 5.52. The molecule has 1 aliphatic heterocycles. The number of amides is 1. The molecule has 3 rings (SSSR count). The van der Waals surface area contributed by atoms with Crippen LogP contribution < -0.4 is 10.1 Å². The molecular weight excluding hydrogens is 364 g/mol. The lowest BCUT2D eigenvalue weighted by Gasteiger charge is -2.29. The summed E-state index contributed by atoms with van der Waals surface area (Å²) in [7, 11) is 1.68. The molecule has 1 amide bonds. The van der Waals surface area contributed by atoms with Gasteiger partial charge in [-0.2, -0.15) is 0 Å². The monoisotopic (exact) mass is 394 g/mol. The Labute approximate surface area is 173 Å². The van der Waals surface area contributed by atoms with Crippen molar-refractivity contribution < 1.29 is 14.3 Å². The highest BCUT2D eigenvalue weighted by Crippen LogP contribution is 2.31. The number of Topliss-reactive ketones (excluding diaryl/α,β-unsaturated/α-hetero) is 1. The van der Waals surface area contributed by atoms with Gasteiger partial charge in [-0.3, -0.25) is 14.5 Å². The summed E-state index contributed by atoms with van der Waals surface area (Å²) in [5, 5.41) is 3.04. The molecule has 2 aromatic rings. The minimum atomic E-state index is -0.0930. The van der Waals surface area contributed by atoms with Gasteiger partial charge in [0.1, 0.15) is 5.75 Å². The fourth-order valence-electron chi connectivity index (χ4n) is 3.84. The lowest BCUT2D eigenvalue weighted by Crippen LogP contribution is -2.37. The molecule has 0 aromatic heterocycles. The predicted molar refractivity (Wildman–Crippen MR) is 114 cm³/mol. The van der Waals surface area contributed by atoms with Crippen molar-refractivity contribution in [3.63, 3.8) is 0 Å². The number of para-hydroxylation sites is 1. The Kier molecular flexibility index (Phi) is 7.42. The normalized spacial score (nSPS) is 15.1. The SMILES string of the molecule is COc1ccccc1C(CNC(=O)CCC(=O)c1ccc(C)cc1)N1CCCC1. The standard InChI is InChI=1S/C24H30N2O3/c1-18-9-11-19(12-10-18)22(27)13-14-24(28)25-17-21(26-15-5-6-16-26)20-7-3-4-8-23(20)29-2/h3-4,7-12,21H,5-6,13-17H2,1-2H3,(H,25,28). The van der Waals surface area contributed by atoms with E-state index in [9.17, 15) is 9.59 Å². The van der Waals surface area contributed by atoms with E-state index in [4.69, 9.17) is 4.74 Å². The zero-order chi connectivity index (χ0) is 20.6. The number of likely N-dealkylation sites (tertiary alicyclic amines) is 1. The van der Waals surface area contributed by atoms with Crippen molar-refractivity contribution in [2.24, 2.45) is 0 Å². The second-order valence-corrected chi connectivity index (χ2v) is 7.59. The maximum atomic E-state index is 12.4. The van der Waals surface area contributed by atoms with Crippen LogP contribution in [0.2, 0.25) is 0 Å². The van der Waals surface area contributed by atoms with Gasteiger partial charge in [0.15, 0.2) is 5.78 Å². The molecule has 0 saturated carbocycles. The van der Waals surface area contributed by atoms with Crippen LogP contribution in [0.15, 0.2) is 48.5 Å². The van der Waals surface area contributed by atoms with Gasteiger partial charge in [-0.05, 0) is 38.9 Å². The summed E-state index contributed by atoms with van der Waals surface area (Å²) in [5.41, 5.74) is 2.86. The number of aryl methyl sites for hydroxylation is 1. The van der Waals surface area contributed by atoms with Crippen LogP contribution in [0.3, 0.4) is 0 Å². The van der Waals surface area contributed by atoms with Gasteiger partial charge in [-0.15, -0.1) is 0 Å². The highest BCUT2D eigenvalue weighted by atomic mass is 16.5. The average molecular weight is 395 g/mol. The summed E-state index contributed by atoms with van der Waals surface area (Å²) >= 11 is 0. The molecule has 2 aromatic carbocycles. The Balaban J connectivity index is 1.58. The van der Waals surface area contributed by atoms with Crippen molar-refractivity contribution in [3.8, 4) is 5.75 Å². The van der Waals surface area contributed by atoms with Crippen molar-refractivity contribution in [2.45, 2.75) is 38.6 Å². The fourth-order valence-corrected chi connectivity index (χ4v) is 3.84. The predicted octanol–water partition coefficient (Wildman–Crippen LogP) is 3.92. The second kappa shape index (κ2) is 10.2. The number of carbonyl (C=O) groups excluding carboxylic acids is 2. The molecular formula is C24H30N2O3. The molecule has 5 heteroatoms. The summed E-state index contributed by atoms with van der Waals surface area (Å²) in [6.07, 6.45) is 2.76. The molecule has 5 nitrogen and oxygen atoms in total. The number of nitrogens with one attached hydrogen (secondary N) is 1. The Hall–Kier alpha value is -2.66. The molecule has 1 fully saturated rings. The number of rotatable bonds is 9. The molecule has 29 heavy (non-hydrogen) atoms. The average Bonchev–Trinajstić information content (AvgIpc) is 3.27. The first-order valence-corrected chi connectivity index (χ1v) is 10.3. The summed E-state index contributed by atoms with van der Waals surface area (Å²) in [4.78, 5) is 27.1. The van der Waals surface area contributed by atoms with E-state index in [0.717, 1.165) is 30.0 Å². The number of methoxy groups -OCH3 is 1. The van der Waals surface area contributed by atoms with Crippen molar-refractivity contribution in [3.05, 3.63) is 65.2 Å². The first-order chi connectivity index (χ1) is 14.1. The van der Waals surface area contributed by atoms with Gasteiger partial charge >= 0.3 is 0 Å². The number of carbonyl (C=O) groups is 2. The van der Waals surface area contributed by atoms with Crippen LogP contribution in [0.5, 0.6) is 5.75 Å². The number of benzene rings is 2. The Morgan fingerprint density at radius 3 is 2.41 bits per heavy atom. The summed E-state index contributed by atoms with van der Waals surface area (Å²) in [6.45, 7) is 4.53. The van der Waals surface area contributed by atoms with Gasteiger partial charge in [0.05, 0.1) is 13.2 Å². The Bertz CT molecular complexity index is 826. The van der Waals surface area contributed by atoms with Crippen LogP contribution in [0, 0.1) is 6.92 Å². The van der Waals surface area contributed by atoms with Gasteiger partial charge in [0, 0.05) is 30.5 Å². The molecule has 1 N–H and O–H groups in total. The van der Waals surface area contributed by atoms with E-state index in [-0.39, 0.29) is 30.6 Å². The number of hydrogen-bond acceptors (Lipinski definition) is 4. The quantitative estimate of drug-likeness (QED) is 0.655. The maximum Gasteiger partial charge on any atom is 0.220 e. The van der Waals surface area contributed by atoms with Gasteiger partial charge in [-0.1, -0.05) is 48.0 Å². The second-order valence-electron chi connectivity index (χ2n) is 7.59. The summed E-state index contributed by atoms with van der Waals surface area (Å²) in [5.74, 6) is 0.749. The summed E-state index contributed by atoms with van der Waals surface area (Å²) in [6, 6.07) is 15.5. The van der Waals surface area contributed by atoms with Gasteiger partial charge in [0.25, 0.3) is 0 Å². The van der Waals surface area contributed by atoms with E-state index >= 15 is 0 Å². The number of hydrogen-bond donors (Lipinski definition) is 1.